The number of carbonyl (C=O) groups is 1. The fraction of sp³-hybridized carbons (Fsp3) is 0.560. The summed E-state index contributed by atoms with van der Waals surface area (Å²) in [5.74, 6) is 0.986. The Hall–Kier alpha value is -2.59. The summed E-state index contributed by atoms with van der Waals surface area (Å²) in [6.45, 7) is -0.965. The van der Waals surface area contributed by atoms with Gasteiger partial charge in [-0.2, -0.15) is 18.2 Å². The van der Waals surface area contributed by atoms with Crippen LogP contribution in [0.5, 0.6) is 0 Å². The Morgan fingerprint density at radius 2 is 1.86 bits per heavy atom. The fourth-order valence-electron chi connectivity index (χ4n) is 6.17. The second-order valence-corrected chi connectivity index (χ2v) is 10.6. The Balaban J connectivity index is 1.26. The van der Waals surface area contributed by atoms with Gasteiger partial charge in [0.1, 0.15) is 5.02 Å². The number of amides is 1. The number of alkyl halides is 3. The van der Waals surface area contributed by atoms with E-state index in [4.69, 9.17) is 17.3 Å². The Labute approximate surface area is 212 Å². The molecule has 1 amide bonds. The minimum atomic E-state index is -4.21. The SMILES string of the molecule is NC(=O)[C@@H]1[C@H]2CC[C@H](C2)[C@@H]1Nc1nc(Nc2ccc3c(c2)CCC(NCC(F)(F)F)CC3)ncc1Cl. The van der Waals surface area contributed by atoms with Crippen LogP contribution in [0, 0.1) is 17.8 Å². The Morgan fingerprint density at radius 3 is 2.61 bits per heavy atom. The van der Waals surface area contributed by atoms with Crippen molar-refractivity contribution >= 4 is 35.0 Å². The van der Waals surface area contributed by atoms with Crippen molar-refractivity contribution in [1.29, 1.82) is 0 Å². The standard InChI is InChI=1S/C25H30ClF3N6O/c26-19-11-31-24(35-23(19)34-21-16-2-1-15(9-16)20(21)22(30)36)33-18-8-4-13-3-6-17(7-5-14(13)10-18)32-12-25(27,28)29/h4,8,10-11,15-17,20-21,32H,1-3,5-7,9,12H2,(H2,30,36)(H2,31,33,34,35)/t15-,16+,17?,20+,21-/m0/s1. The maximum Gasteiger partial charge on any atom is 0.401 e. The molecule has 0 radical (unpaired) electrons. The highest BCUT2D eigenvalue weighted by molar-refractivity contribution is 6.32. The van der Waals surface area contributed by atoms with Gasteiger partial charge in [0.15, 0.2) is 5.82 Å². The topological polar surface area (TPSA) is 105 Å². The van der Waals surface area contributed by atoms with E-state index < -0.39 is 12.7 Å². The van der Waals surface area contributed by atoms with Crippen LogP contribution in [-0.4, -0.2) is 40.7 Å². The summed E-state index contributed by atoms with van der Waals surface area (Å²) in [5, 5.41) is 9.60. The summed E-state index contributed by atoms with van der Waals surface area (Å²) in [6, 6.07) is 5.68. The first-order valence-corrected chi connectivity index (χ1v) is 12.8. The molecule has 3 aliphatic carbocycles. The predicted octanol–water partition coefficient (Wildman–Crippen LogP) is 4.58. The van der Waals surface area contributed by atoms with E-state index in [0.717, 1.165) is 42.5 Å². The molecule has 5 atom stereocenters. The summed E-state index contributed by atoms with van der Waals surface area (Å²) in [5.41, 5.74) is 8.74. The highest BCUT2D eigenvalue weighted by Gasteiger charge is 2.50. The third kappa shape index (κ3) is 5.54. The van der Waals surface area contributed by atoms with Gasteiger partial charge in [0.2, 0.25) is 11.9 Å². The highest BCUT2D eigenvalue weighted by Crippen LogP contribution is 2.49. The fourth-order valence-corrected chi connectivity index (χ4v) is 6.32. The van der Waals surface area contributed by atoms with Crippen LogP contribution in [0.15, 0.2) is 24.4 Å². The van der Waals surface area contributed by atoms with Crippen molar-refractivity contribution in [3.8, 4) is 0 Å². The van der Waals surface area contributed by atoms with Crippen LogP contribution < -0.4 is 21.7 Å². The van der Waals surface area contributed by atoms with Crippen molar-refractivity contribution < 1.29 is 18.0 Å². The molecule has 1 aromatic carbocycles. The molecule has 7 nitrogen and oxygen atoms in total. The number of nitrogens with zero attached hydrogens (tertiary/aromatic N) is 2. The Kier molecular flexibility index (Phi) is 7.00. The van der Waals surface area contributed by atoms with Gasteiger partial charge in [-0.05, 0) is 80.0 Å². The zero-order valence-electron chi connectivity index (χ0n) is 19.7. The van der Waals surface area contributed by atoms with Crippen LogP contribution in [0.3, 0.4) is 0 Å². The summed E-state index contributed by atoms with van der Waals surface area (Å²) in [6.07, 6.45) is 3.10. The van der Waals surface area contributed by atoms with Crippen molar-refractivity contribution in [3.05, 3.63) is 40.5 Å². The molecule has 1 heterocycles. The van der Waals surface area contributed by atoms with Gasteiger partial charge in [-0.3, -0.25) is 4.79 Å². The van der Waals surface area contributed by atoms with Crippen molar-refractivity contribution in [1.82, 2.24) is 15.3 Å². The molecular formula is C25H30ClF3N6O. The molecule has 0 spiro atoms. The summed E-state index contributed by atoms with van der Waals surface area (Å²) in [4.78, 5) is 20.9. The normalized spacial score (nSPS) is 27.4. The molecule has 1 unspecified atom stereocenters. The van der Waals surface area contributed by atoms with Crippen LogP contribution >= 0.6 is 11.6 Å². The molecule has 0 aliphatic heterocycles. The van der Waals surface area contributed by atoms with E-state index in [2.05, 4.69) is 25.9 Å². The number of hydrogen-bond donors (Lipinski definition) is 4. The number of halogens is 4. The number of aromatic nitrogens is 2. The number of hydrogen-bond acceptors (Lipinski definition) is 6. The lowest BCUT2D eigenvalue weighted by molar-refractivity contribution is -0.126. The highest BCUT2D eigenvalue weighted by atomic mass is 35.5. The van der Waals surface area contributed by atoms with Crippen molar-refractivity contribution in [3.63, 3.8) is 0 Å². The van der Waals surface area contributed by atoms with Gasteiger partial charge in [-0.1, -0.05) is 17.7 Å². The zero-order valence-corrected chi connectivity index (χ0v) is 20.5. The second-order valence-electron chi connectivity index (χ2n) is 10.2. The van der Waals surface area contributed by atoms with E-state index in [-0.39, 0.29) is 23.9 Å². The number of anilines is 3. The van der Waals surface area contributed by atoms with Gasteiger partial charge < -0.3 is 21.7 Å². The van der Waals surface area contributed by atoms with Gasteiger partial charge in [0, 0.05) is 17.8 Å². The Bertz CT molecular complexity index is 1130. The second kappa shape index (κ2) is 10.0. The van der Waals surface area contributed by atoms with Crippen molar-refractivity contribution in [2.24, 2.45) is 23.5 Å². The van der Waals surface area contributed by atoms with Gasteiger partial charge in [0.25, 0.3) is 0 Å². The van der Waals surface area contributed by atoms with Crippen molar-refractivity contribution in [2.75, 3.05) is 17.2 Å². The lowest BCUT2D eigenvalue weighted by Gasteiger charge is -2.30. The summed E-state index contributed by atoms with van der Waals surface area (Å²) >= 11 is 6.38. The minimum Gasteiger partial charge on any atom is -0.369 e. The van der Waals surface area contributed by atoms with Crippen LogP contribution in [0.2, 0.25) is 5.02 Å². The van der Waals surface area contributed by atoms with E-state index in [1.807, 2.05) is 18.2 Å². The first kappa shape index (κ1) is 25.1. The molecule has 1 aromatic heterocycles. The van der Waals surface area contributed by atoms with Crippen LogP contribution in [0.25, 0.3) is 0 Å². The molecule has 0 saturated heterocycles. The molecule has 11 heteroatoms. The maximum atomic E-state index is 12.6. The third-order valence-corrected chi connectivity index (χ3v) is 8.15. The van der Waals surface area contributed by atoms with Crippen molar-refractivity contribution in [2.45, 2.75) is 63.2 Å². The maximum absolute atomic E-state index is 12.6. The third-order valence-electron chi connectivity index (χ3n) is 7.87. The molecule has 36 heavy (non-hydrogen) atoms. The molecule has 3 aliphatic rings. The predicted molar refractivity (Wildman–Crippen MR) is 132 cm³/mol. The average Bonchev–Trinajstić information content (AvgIpc) is 3.36. The largest absolute Gasteiger partial charge is 0.401 e. The van der Waals surface area contributed by atoms with Gasteiger partial charge in [0.05, 0.1) is 18.7 Å². The van der Waals surface area contributed by atoms with Crippen LogP contribution in [0.4, 0.5) is 30.6 Å². The van der Waals surface area contributed by atoms with Gasteiger partial charge in [-0.25, -0.2) is 4.98 Å². The van der Waals surface area contributed by atoms with Crippen LogP contribution in [-0.2, 0) is 17.6 Å². The zero-order chi connectivity index (χ0) is 25.4. The molecule has 2 aromatic rings. The lowest BCUT2D eigenvalue weighted by atomic mass is 9.84. The molecule has 194 valence electrons. The summed E-state index contributed by atoms with van der Waals surface area (Å²) in [7, 11) is 0. The molecular weight excluding hydrogens is 493 g/mol. The number of carbonyl (C=O) groups excluding carboxylic acids is 1. The van der Waals surface area contributed by atoms with E-state index in [9.17, 15) is 18.0 Å². The van der Waals surface area contributed by atoms with E-state index in [1.165, 1.54) is 6.20 Å². The minimum absolute atomic E-state index is 0.0899. The van der Waals surface area contributed by atoms with E-state index >= 15 is 0 Å². The number of nitrogens with two attached hydrogens (primary N) is 1. The van der Waals surface area contributed by atoms with Gasteiger partial charge >= 0.3 is 6.18 Å². The quantitative estimate of drug-likeness (QED) is 0.397. The number of aryl methyl sites for hydroxylation is 2. The van der Waals surface area contributed by atoms with E-state index in [0.29, 0.717) is 47.9 Å². The molecule has 2 saturated carbocycles. The first-order valence-electron chi connectivity index (χ1n) is 12.4. The van der Waals surface area contributed by atoms with Gasteiger partial charge in [-0.15, -0.1) is 0 Å². The van der Waals surface area contributed by atoms with Crippen LogP contribution in [0.1, 0.15) is 43.2 Å². The number of benzene rings is 1. The number of rotatable bonds is 7. The number of fused-ring (bicyclic) bond motifs is 3. The smallest absolute Gasteiger partial charge is 0.369 e. The first-order chi connectivity index (χ1) is 17.2. The number of primary amides is 1. The average molecular weight is 523 g/mol. The Morgan fingerprint density at radius 1 is 1.11 bits per heavy atom. The lowest BCUT2D eigenvalue weighted by Crippen LogP contribution is -2.42. The molecule has 5 N–H and O–H groups in total. The molecule has 5 rings (SSSR count). The molecule has 2 bridgehead atoms. The monoisotopic (exact) mass is 522 g/mol. The summed E-state index contributed by atoms with van der Waals surface area (Å²) < 4.78 is 37.7. The van der Waals surface area contributed by atoms with E-state index in [1.54, 1.807) is 0 Å². The number of nitrogens with one attached hydrogen (secondary N) is 3. The molecule has 2 fully saturated rings.